The molecule has 0 radical (unpaired) electrons. The molecule has 0 spiro atoms. The zero-order valence-electron chi connectivity index (χ0n) is 16.6. The molecule has 0 aliphatic heterocycles. The molecule has 0 aliphatic rings. The monoisotopic (exact) mass is 423 g/mol. The van der Waals surface area contributed by atoms with Crippen molar-refractivity contribution in [3.8, 4) is 11.3 Å². The molecule has 0 unspecified atom stereocenters. The Hall–Kier alpha value is -3.52. The maximum Gasteiger partial charge on any atom is 0.350 e. The largest absolute Gasteiger partial charge is 0.462 e. The Morgan fingerprint density at radius 1 is 1.00 bits per heavy atom. The van der Waals surface area contributed by atoms with Crippen LogP contribution >= 0.6 is 11.3 Å². The van der Waals surface area contributed by atoms with E-state index in [1.165, 1.54) is 6.92 Å². The number of ether oxygens (including phenoxy) is 1. The van der Waals surface area contributed by atoms with Crippen molar-refractivity contribution in [3.63, 3.8) is 0 Å². The van der Waals surface area contributed by atoms with Crippen LogP contribution < -0.4 is 10.6 Å². The van der Waals surface area contributed by atoms with Gasteiger partial charge in [0.05, 0.1) is 18.7 Å². The Morgan fingerprint density at radius 2 is 1.70 bits per heavy atom. The van der Waals surface area contributed by atoms with Crippen LogP contribution in [0.4, 0.5) is 10.8 Å². The summed E-state index contributed by atoms with van der Waals surface area (Å²) in [5.41, 5.74) is 2.70. The van der Waals surface area contributed by atoms with Gasteiger partial charge in [0.25, 0.3) is 0 Å². The molecule has 0 bridgehead atoms. The number of nitrogens with zero attached hydrogens (tertiary/aromatic N) is 1. The average Bonchev–Trinajstić information content (AvgIpc) is 3.14. The minimum Gasteiger partial charge on any atom is -0.462 e. The number of hydrogen-bond donors (Lipinski definition) is 2. The molecule has 0 aliphatic carbocycles. The summed E-state index contributed by atoms with van der Waals surface area (Å²) >= 11 is 1.09. The van der Waals surface area contributed by atoms with Crippen molar-refractivity contribution in [2.45, 2.75) is 20.3 Å². The summed E-state index contributed by atoms with van der Waals surface area (Å²) in [6.07, 6.45) is 0.134. The smallest absolute Gasteiger partial charge is 0.350 e. The molecule has 154 valence electrons. The van der Waals surface area contributed by atoms with E-state index in [0.29, 0.717) is 21.4 Å². The maximum absolute atomic E-state index is 12.5. The molecule has 1 aromatic heterocycles. The summed E-state index contributed by atoms with van der Waals surface area (Å²) < 4.78 is 5.13. The van der Waals surface area contributed by atoms with Gasteiger partial charge in [-0.05, 0) is 24.6 Å². The standard InChI is InChI=1S/C22H21N3O4S/c1-3-29-21(28)20-19(16-7-5-4-6-8-16)25-22(30-20)24-18(27)13-15-9-11-17(12-10-15)23-14(2)26/h4-12H,3,13H2,1-2H3,(H,23,26)(H,24,25,27). The number of benzene rings is 2. The molecule has 30 heavy (non-hydrogen) atoms. The van der Waals surface area contributed by atoms with Crippen molar-refractivity contribution in [2.24, 2.45) is 0 Å². The molecule has 1 heterocycles. The highest BCUT2D eigenvalue weighted by Gasteiger charge is 2.21. The second-order valence-corrected chi connectivity index (χ2v) is 7.39. The number of rotatable bonds is 7. The SMILES string of the molecule is CCOC(=O)c1sc(NC(=O)Cc2ccc(NC(C)=O)cc2)nc1-c1ccccc1. The number of anilines is 2. The molecule has 3 aromatic rings. The van der Waals surface area contributed by atoms with Crippen LogP contribution in [-0.4, -0.2) is 29.4 Å². The van der Waals surface area contributed by atoms with Crippen LogP contribution in [0.3, 0.4) is 0 Å². The van der Waals surface area contributed by atoms with Gasteiger partial charge in [-0.2, -0.15) is 0 Å². The first-order chi connectivity index (χ1) is 14.5. The lowest BCUT2D eigenvalue weighted by Gasteiger charge is -2.05. The first kappa shape index (κ1) is 21.2. The maximum atomic E-state index is 12.5. The van der Waals surface area contributed by atoms with Gasteiger partial charge in [-0.25, -0.2) is 9.78 Å². The Morgan fingerprint density at radius 3 is 2.33 bits per heavy atom. The minimum atomic E-state index is -0.470. The molecule has 0 atom stereocenters. The van der Waals surface area contributed by atoms with Gasteiger partial charge < -0.3 is 15.4 Å². The van der Waals surface area contributed by atoms with E-state index in [1.54, 1.807) is 31.2 Å². The fourth-order valence-corrected chi connectivity index (χ4v) is 3.66. The molecule has 7 nitrogen and oxygen atoms in total. The number of nitrogens with one attached hydrogen (secondary N) is 2. The van der Waals surface area contributed by atoms with Gasteiger partial charge in [-0.1, -0.05) is 53.8 Å². The van der Waals surface area contributed by atoms with E-state index < -0.39 is 5.97 Å². The lowest BCUT2D eigenvalue weighted by atomic mass is 10.1. The molecule has 0 fully saturated rings. The number of carbonyl (C=O) groups is 3. The quantitative estimate of drug-likeness (QED) is 0.557. The van der Waals surface area contributed by atoms with Crippen LogP contribution in [-0.2, 0) is 20.7 Å². The Kier molecular flexibility index (Phi) is 6.92. The number of carbonyl (C=O) groups excluding carboxylic acids is 3. The fourth-order valence-electron chi connectivity index (χ4n) is 2.76. The molecule has 2 N–H and O–H groups in total. The van der Waals surface area contributed by atoms with E-state index >= 15 is 0 Å². The van der Waals surface area contributed by atoms with Crippen molar-refractivity contribution < 1.29 is 19.1 Å². The van der Waals surface area contributed by atoms with Crippen molar-refractivity contribution >= 4 is 39.9 Å². The normalized spacial score (nSPS) is 10.3. The van der Waals surface area contributed by atoms with E-state index in [4.69, 9.17) is 4.74 Å². The van der Waals surface area contributed by atoms with E-state index in [0.717, 1.165) is 22.5 Å². The van der Waals surface area contributed by atoms with Crippen molar-refractivity contribution in [1.29, 1.82) is 0 Å². The Bertz CT molecular complexity index is 1050. The number of esters is 1. The zero-order valence-corrected chi connectivity index (χ0v) is 17.4. The third-order valence-electron chi connectivity index (χ3n) is 4.02. The van der Waals surface area contributed by atoms with Gasteiger partial charge in [-0.3, -0.25) is 9.59 Å². The molecular formula is C22H21N3O4S. The molecule has 3 rings (SSSR count). The van der Waals surface area contributed by atoms with Gasteiger partial charge >= 0.3 is 5.97 Å². The molecular weight excluding hydrogens is 402 g/mol. The lowest BCUT2D eigenvalue weighted by Crippen LogP contribution is -2.14. The molecule has 2 amide bonds. The highest BCUT2D eigenvalue weighted by molar-refractivity contribution is 7.18. The van der Waals surface area contributed by atoms with Gasteiger partial charge in [0, 0.05) is 18.2 Å². The first-order valence-electron chi connectivity index (χ1n) is 9.36. The van der Waals surface area contributed by atoms with E-state index in [2.05, 4.69) is 15.6 Å². The number of amides is 2. The summed E-state index contributed by atoms with van der Waals surface area (Å²) in [7, 11) is 0. The molecule has 0 saturated carbocycles. The van der Waals surface area contributed by atoms with E-state index in [-0.39, 0.29) is 24.8 Å². The zero-order chi connectivity index (χ0) is 21.5. The van der Waals surface area contributed by atoms with Gasteiger partial charge in [0.2, 0.25) is 11.8 Å². The fraction of sp³-hybridized carbons (Fsp3) is 0.182. The van der Waals surface area contributed by atoms with Crippen LogP contribution in [0.15, 0.2) is 54.6 Å². The van der Waals surface area contributed by atoms with E-state index in [9.17, 15) is 14.4 Å². The molecule has 2 aromatic carbocycles. The van der Waals surface area contributed by atoms with Crippen molar-refractivity contribution in [3.05, 3.63) is 65.0 Å². The number of hydrogen-bond acceptors (Lipinski definition) is 6. The van der Waals surface area contributed by atoms with Crippen molar-refractivity contribution in [2.75, 3.05) is 17.2 Å². The first-order valence-corrected chi connectivity index (χ1v) is 10.2. The average molecular weight is 423 g/mol. The third-order valence-corrected chi connectivity index (χ3v) is 4.97. The van der Waals surface area contributed by atoms with Crippen LogP contribution in [0.25, 0.3) is 11.3 Å². The van der Waals surface area contributed by atoms with E-state index in [1.807, 2.05) is 30.3 Å². The number of aromatic nitrogens is 1. The second kappa shape index (κ2) is 9.80. The Balaban J connectivity index is 1.75. The summed E-state index contributed by atoms with van der Waals surface area (Å²) in [6, 6.07) is 16.3. The second-order valence-electron chi connectivity index (χ2n) is 6.39. The van der Waals surface area contributed by atoms with Gasteiger partial charge in [0.15, 0.2) is 5.13 Å². The molecule has 0 saturated heterocycles. The highest BCUT2D eigenvalue weighted by Crippen LogP contribution is 2.32. The summed E-state index contributed by atoms with van der Waals surface area (Å²) in [5, 5.41) is 5.77. The predicted molar refractivity (Wildman–Crippen MR) is 117 cm³/mol. The van der Waals surface area contributed by atoms with Crippen molar-refractivity contribution in [1.82, 2.24) is 4.98 Å². The predicted octanol–water partition coefficient (Wildman–Crippen LogP) is 4.13. The van der Waals surface area contributed by atoms with Gasteiger partial charge in [0.1, 0.15) is 4.88 Å². The van der Waals surface area contributed by atoms with Crippen LogP contribution in [0.5, 0.6) is 0 Å². The van der Waals surface area contributed by atoms with Crippen LogP contribution in [0, 0.1) is 0 Å². The summed E-state index contributed by atoms with van der Waals surface area (Å²) in [4.78, 5) is 40.7. The summed E-state index contributed by atoms with van der Waals surface area (Å²) in [5.74, 6) is -0.884. The summed E-state index contributed by atoms with van der Waals surface area (Å²) in [6.45, 7) is 3.42. The lowest BCUT2D eigenvalue weighted by molar-refractivity contribution is -0.116. The highest BCUT2D eigenvalue weighted by atomic mass is 32.1. The number of thiazole rings is 1. The minimum absolute atomic E-state index is 0.134. The van der Waals surface area contributed by atoms with Gasteiger partial charge in [-0.15, -0.1) is 0 Å². The van der Waals surface area contributed by atoms with Crippen LogP contribution in [0.2, 0.25) is 0 Å². The Labute approximate surface area is 178 Å². The molecule has 8 heteroatoms. The van der Waals surface area contributed by atoms with Crippen LogP contribution in [0.1, 0.15) is 29.1 Å². The third kappa shape index (κ3) is 5.51. The topological polar surface area (TPSA) is 97.4 Å².